The molecule has 3 aromatic rings. The van der Waals surface area contributed by atoms with E-state index in [2.05, 4.69) is 5.32 Å². The molecule has 0 spiro atoms. The molecule has 0 fully saturated rings. The van der Waals surface area contributed by atoms with Crippen LogP contribution in [0.15, 0.2) is 66.7 Å². The molecule has 0 heterocycles. The van der Waals surface area contributed by atoms with Crippen LogP contribution in [0.2, 0.25) is 0 Å². The van der Waals surface area contributed by atoms with Crippen molar-refractivity contribution in [1.82, 2.24) is 5.32 Å². The molecule has 6 heteroatoms. The standard InChI is InChI=1S/C25H25NO5/c1-17(25(28)26-16-21-6-4-5-7-23(21)30-3)31-24(27)13-9-18-8-10-20-15-22(29-2)12-11-19(20)14-18/h4-15,17H,16H2,1-3H3,(H,26,28)/b13-9+/t17-/m1/s1. The number of benzene rings is 3. The van der Waals surface area contributed by atoms with Crippen molar-refractivity contribution in [3.63, 3.8) is 0 Å². The molecule has 1 amide bonds. The maximum Gasteiger partial charge on any atom is 0.331 e. The van der Waals surface area contributed by atoms with Gasteiger partial charge in [-0.2, -0.15) is 0 Å². The minimum Gasteiger partial charge on any atom is -0.497 e. The lowest BCUT2D eigenvalue weighted by Gasteiger charge is -2.13. The summed E-state index contributed by atoms with van der Waals surface area (Å²) >= 11 is 0. The van der Waals surface area contributed by atoms with Crippen molar-refractivity contribution in [2.75, 3.05) is 14.2 Å². The molecular weight excluding hydrogens is 394 g/mol. The van der Waals surface area contributed by atoms with Gasteiger partial charge in [-0.25, -0.2) is 4.79 Å². The molecule has 160 valence electrons. The van der Waals surface area contributed by atoms with Gasteiger partial charge in [-0.05, 0) is 53.6 Å². The second-order valence-corrected chi connectivity index (χ2v) is 6.91. The van der Waals surface area contributed by atoms with Crippen LogP contribution in [0, 0.1) is 0 Å². The third-order valence-corrected chi connectivity index (χ3v) is 4.79. The minimum atomic E-state index is -0.920. The summed E-state index contributed by atoms with van der Waals surface area (Å²) in [5.41, 5.74) is 1.69. The number of ether oxygens (including phenoxy) is 3. The molecule has 0 aliphatic carbocycles. The molecule has 3 rings (SSSR count). The Bertz CT molecular complexity index is 1110. The summed E-state index contributed by atoms with van der Waals surface area (Å²) in [6.45, 7) is 1.81. The minimum absolute atomic E-state index is 0.280. The van der Waals surface area contributed by atoms with Gasteiger partial charge in [-0.15, -0.1) is 0 Å². The van der Waals surface area contributed by atoms with Gasteiger partial charge in [0.25, 0.3) is 5.91 Å². The number of hydrogen-bond donors (Lipinski definition) is 1. The molecule has 0 unspecified atom stereocenters. The van der Waals surface area contributed by atoms with Crippen molar-refractivity contribution in [2.24, 2.45) is 0 Å². The Morgan fingerprint density at radius 1 is 0.968 bits per heavy atom. The normalized spacial score (nSPS) is 11.8. The lowest BCUT2D eigenvalue weighted by molar-refractivity contribution is -0.150. The van der Waals surface area contributed by atoms with Crippen molar-refractivity contribution in [2.45, 2.75) is 19.6 Å². The van der Waals surface area contributed by atoms with Crippen molar-refractivity contribution >= 4 is 28.7 Å². The van der Waals surface area contributed by atoms with Gasteiger partial charge in [0.05, 0.1) is 14.2 Å². The molecule has 0 aliphatic heterocycles. The highest BCUT2D eigenvalue weighted by atomic mass is 16.5. The Morgan fingerprint density at radius 2 is 1.71 bits per heavy atom. The van der Waals surface area contributed by atoms with E-state index in [0.29, 0.717) is 5.75 Å². The van der Waals surface area contributed by atoms with Crippen molar-refractivity contribution in [3.8, 4) is 11.5 Å². The number of rotatable bonds is 8. The number of hydrogen-bond acceptors (Lipinski definition) is 5. The predicted molar refractivity (Wildman–Crippen MR) is 120 cm³/mol. The predicted octanol–water partition coefficient (Wildman–Crippen LogP) is 4.12. The Labute approximate surface area is 181 Å². The fourth-order valence-electron chi connectivity index (χ4n) is 3.08. The largest absolute Gasteiger partial charge is 0.497 e. The Kier molecular flexibility index (Phi) is 7.27. The molecule has 1 N–H and O–H groups in total. The van der Waals surface area contributed by atoms with Crippen LogP contribution in [0.25, 0.3) is 16.8 Å². The number of carbonyl (C=O) groups is 2. The first-order chi connectivity index (χ1) is 15.0. The average Bonchev–Trinajstić information content (AvgIpc) is 2.80. The highest BCUT2D eigenvalue weighted by molar-refractivity contribution is 5.92. The fraction of sp³-hybridized carbons (Fsp3) is 0.200. The smallest absolute Gasteiger partial charge is 0.331 e. The fourth-order valence-corrected chi connectivity index (χ4v) is 3.08. The van der Waals surface area contributed by atoms with Crippen LogP contribution >= 0.6 is 0 Å². The Balaban J connectivity index is 1.55. The van der Waals surface area contributed by atoms with Crippen molar-refractivity contribution < 1.29 is 23.8 Å². The Morgan fingerprint density at radius 3 is 2.48 bits per heavy atom. The van der Waals surface area contributed by atoms with Gasteiger partial charge in [-0.3, -0.25) is 4.79 Å². The number of nitrogens with one attached hydrogen (secondary N) is 1. The van der Waals surface area contributed by atoms with E-state index in [-0.39, 0.29) is 12.5 Å². The molecule has 3 aromatic carbocycles. The number of methoxy groups -OCH3 is 2. The highest BCUT2D eigenvalue weighted by Gasteiger charge is 2.16. The van der Waals surface area contributed by atoms with E-state index in [1.54, 1.807) is 20.3 Å². The summed E-state index contributed by atoms with van der Waals surface area (Å²) in [6, 6.07) is 19.0. The van der Waals surface area contributed by atoms with Crippen LogP contribution in [-0.4, -0.2) is 32.2 Å². The molecule has 0 aliphatic rings. The van der Waals surface area contributed by atoms with Gasteiger partial charge in [0.2, 0.25) is 0 Å². The molecule has 0 saturated heterocycles. The monoisotopic (exact) mass is 419 g/mol. The van der Waals surface area contributed by atoms with Crippen LogP contribution in [0.4, 0.5) is 0 Å². The lowest BCUT2D eigenvalue weighted by atomic mass is 10.1. The molecule has 0 radical (unpaired) electrons. The first-order valence-electron chi connectivity index (χ1n) is 9.86. The highest BCUT2D eigenvalue weighted by Crippen LogP contribution is 2.22. The third kappa shape index (κ3) is 5.85. The van der Waals surface area contributed by atoms with E-state index in [1.165, 1.54) is 13.0 Å². The van der Waals surface area contributed by atoms with Crippen LogP contribution in [-0.2, 0) is 20.9 Å². The first kappa shape index (κ1) is 21.9. The number of carbonyl (C=O) groups excluding carboxylic acids is 2. The van der Waals surface area contributed by atoms with E-state index in [9.17, 15) is 9.59 Å². The van der Waals surface area contributed by atoms with Gasteiger partial charge in [0.1, 0.15) is 11.5 Å². The zero-order chi connectivity index (χ0) is 22.2. The summed E-state index contributed by atoms with van der Waals surface area (Å²) in [4.78, 5) is 24.4. The van der Waals surface area contributed by atoms with E-state index < -0.39 is 12.1 Å². The van der Waals surface area contributed by atoms with Crippen LogP contribution in [0.3, 0.4) is 0 Å². The molecular formula is C25H25NO5. The lowest BCUT2D eigenvalue weighted by Crippen LogP contribution is -2.35. The van der Waals surface area contributed by atoms with E-state index in [1.807, 2.05) is 60.7 Å². The van der Waals surface area contributed by atoms with E-state index in [0.717, 1.165) is 27.6 Å². The van der Waals surface area contributed by atoms with Gasteiger partial charge in [0, 0.05) is 18.2 Å². The van der Waals surface area contributed by atoms with Gasteiger partial charge < -0.3 is 19.5 Å². The molecule has 1 atom stereocenters. The van der Waals surface area contributed by atoms with Crippen LogP contribution < -0.4 is 14.8 Å². The quantitative estimate of drug-likeness (QED) is 0.439. The first-order valence-corrected chi connectivity index (χ1v) is 9.86. The van der Waals surface area contributed by atoms with Crippen LogP contribution in [0.1, 0.15) is 18.1 Å². The molecule has 6 nitrogen and oxygen atoms in total. The van der Waals surface area contributed by atoms with E-state index in [4.69, 9.17) is 14.2 Å². The van der Waals surface area contributed by atoms with Crippen molar-refractivity contribution in [1.29, 1.82) is 0 Å². The summed E-state index contributed by atoms with van der Waals surface area (Å²) in [6.07, 6.45) is 2.05. The molecule has 0 saturated carbocycles. The molecule has 31 heavy (non-hydrogen) atoms. The topological polar surface area (TPSA) is 73.9 Å². The second kappa shape index (κ2) is 10.3. The summed E-state index contributed by atoms with van der Waals surface area (Å²) < 4.78 is 15.7. The number of para-hydroxylation sites is 1. The number of fused-ring (bicyclic) bond motifs is 1. The Hall–Kier alpha value is -3.80. The SMILES string of the molecule is COc1ccc2cc(/C=C/C(=O)O[C@H](C)C(=O)NCc3ccccc3OC)ccc2c1. The summed E-state index contributed by atoms with van der Waals surface area (Å²) in [7, 11) is 3.20. The van der Waals surface area contributed by atoms with Gasteiger partial charge in [-0.1, -0.05) is 36.4 Å². The maximum atomic E-state index is 12.3. The van der Waals surface area contributed by atoms with E-state index >= 15 is 0 Å². The zero-order valence-electron chi connectivity index (χ0n) is 17.8. The van der Waals surface area contributed by atoms with Crippen molar-refractivity contribution in [3.05, 3.63) is 77.9 Å². The molecule has 0 bridgehead atoms. The number of esters is 1. The maximum absolute atomic E-state index is 12.3. The molecule has 0 aromatic heterocycles. The summed E-state index contributed by atoms with van der Waals surface area (Å²) in [5.74, 6) is 0.503. The average molecular weight is 419 g/mol. The third-order valence-electron chi connectivity index (χ3n) is 4.79. The summed E-state index contributed by atoms with van der Waals surface area (Å²) in [5, 5.41) is 4.82. The van der Waals surface area contributed by atoms with Gasteiger partial charge in [0.15, 0.2) is 6.10 Å². The number of amides is 1. The van der Waals surface area contributed by atoms with Crippen LogP contribution in [0.5, 0.6) is 11.5 Å². The second-order valence-electron chi connectivity index (χ2n) is 6.91. The van der Waals surface area contributed by atoms with Gasteiger partial charge >= 0.3 is 5.97 Å². The zero-order valence-corrected chi connectivity index (χ0v) is 17.8.